The molecule has 0 bridgehead atoms. The first-order chi connectivity index (χ1) is 11.2. The number of ether oxygens (including phenoxy) is 1. The number of carbonyl (C=O) groups is 2. The Hall–Kier alpha value is -2.31. The number of nitrogens with zero attached hydrogens (tertiary/aromatic N) is 1. The number of hydrogen-bond acceptors (Lipinski definition) is 5. The van der Waals surface area contributed by atoms with Gasteiger partial charge in [-0.2, -0.15) is 0 Å². The third-order valence-corrected chi connectivity index (χ3v) is 4.44. The summed E-state index contributed by atoms with van der Waals surface area (Å²) in [6, 6.07) is 7.84. The molecular formula is C17H16N2O3S. The molecule has 0 saturated carbocycles. The summed E-state index contributed by atoms with van der Waals surface area (Å²) in [6.07, 6.45) is 2.68. The van der Waals surface area contributed by atoms with Gasteiger partial charge in [-0.15, -0.1) is 11.3 Å². The van der Waals surface area contributed by atoms with Crippen LogP contribution < -0.4 is 5.32 Å². The van der Waals surface area contributed by atoms with Gasteiger partial charge in [0, 0.05) is 24.6 Å². The van der Waals surface area contributed by atoms with Crippen molar-refractivity contribution in [2.24, 2.45) is 0 Å². The number of allylic oxidation sites excluding steroid dienone is 2. The number of methoxy groups -OCH3 is 1. The van der Waals surface area contributed by atoms with Gasteiger partial charge in [-0.1, -0.05) is 30.3 Å². The Bertz CT molecular complexity index is 780. The fourth-order valence-electron chi connectivity index (χ4n) is 2.45. The van der Waals surface area contributed by atoms with E-state index in [-0.39, 0.29) is 17.4 Å². The van der Waals surface area contributed by atoms with E-state index in [1.54, 1.807) is 12.5 Å². The highest BCUT2D eigenvalue weighted by Gasteiger charge is 2.24. The van der Waals surface area contributed by atoms with Crippen molar-refractivity contribution in [2.75, 3.05) is 20.3 Å². The van der Waals surface area contributed by atoms with Crippen LogP contribution >= 0.6 is 11.3 Å². The molecule has 0 spiro atoms. The largest absolute Gasteiger partial charge is 0.383 e. The quantitative estimate of drug-likeness (QED) is 0.653. The van der Waals surface area contributed by atoms with E-state index < -0.39 is 0 Å². The number of aromatic nitrogens is 1. The Morgan fingerprint density at radius 1 is 1.35 bits per heavy atom. The molecule has 5 nitrogen and oxygen atoms in total. The second-order valence-electron chi connectivity index (χ2n) is 5.09. The van der Waals surface area contributed by atoms with Gasteiger partial charge in [0.25, 0.3) is 5.91 Å². The molecule has 3 rings (SSSR count). The predicted molar refractivity (Wildman–Crippen MR) is 88.8 cm³/mol. The number of Topliss-reactive ketones (excluding diaryl/α,β-unsaturated/α-hetero) is 1. The van der Waals surface area contributed by atoms with Crippen LogP contribution in [0.2, 0.25) is 0 Å². The number of hydrogen-bond donors (Lipinski definition) is 1. The van der Waals surface area contributed by atoms with Gasteiger partial charge in [-0.3, -0.25) is 9.59 Å². The van der Waals surface area contributed by atoms with Gasteiger partial charge >= 0.3 is 0 Å². The average Bonchev–Trinajstić information content (AvgIpc) is 3.21. The van der Waals surface area contributed by atoms with Crippen molar-refractivity contribution in [3.05, 3.63) is 57.6 Å². The van der Waals surface area contributed by atoms with Crippen molar-refractivity contribution < 1.29 is 14.3 Å². The van der Waals surface area contributed by atoms with Crippen LogP contribution in [0.15, 0.2) is 35.7 Å². The monoisotopic (exact) mass is 328 g/mol. The zero-order valence-electron chi connectivity index (χ0n) is 12.7. The van der Waals surface area contributed by atoms with Crippen LogP contribution in [0.3, 0.4) is 0 Å². The molecule has 1 aromatic carbocycles. The third-order valence-electron chi connectivity index (χ3n) is 3.60. The molecule has 6 heteroatoms. The van der Waals surface area contributed by atoms with Crippen molar-refractivity contribution in [1.29, 1.82) is 0 Å². The molecule has 0 radical (unpaired) electrons. The Kier molecular flexibility index (Phi) is 4.64. The maximum Gasteiger partial charge on any atom is 0.270 e. The maximum absolute atomic E-state index is 12.6. The van der Waals surface area contributed by atoms with Crippen molar-refractivity contribution in [1.82, 2.24) is 10.3 Å². The first kappa shape index (κ1) is 15.6. The summed E-state index contributed by atoms with van der Waals surface area (Å²) in [6.45, 7) is 0.847. The van der Waals surface area contributed by atoms with Gasteiger partial charge in [0.05, 0.1) is 6.61 Å². The van der Waals surface area contributed by atoms with Gasteiger partial charge in [-0.25, -0.2) is 4.98 Å². The lowest BCUT2D eigenvalue weighted by Gasteiger charge is -2.03. The van der Waals surface area contributed by atoms with Gasteiger partial charge in [0.1, 0.15) is 5.69 Å². The predicted octanol–water partition coefficient (Wildman–Crippen LogP) is 2.34. The minimum Gasteiger partial charge on any atom is -0.383 e. The van der Waals surface area contributed by atoms with Gasteiger partial charge < -0.3 is 10.1 Å². The molecule has 23 heavy (non-hydrogen) atoms. The number of ketones is 1. The molecule has 1 aliphatic rings. The molecule has 1 N–H and O–H groups in total. The Labute approximate surface area is 138 Å². The zero-order chi connectivity index (χ0) is 16.2. The van der Waals surface area contributed by atoms with E-state index in [1.165, 1.54) is 11.3 Å². The lowest BCUT2D eigenvalue weighted by atomic mass is 10.0. The van der Waals surface area contributed by atoms with Crippen LogP contribution in [-0.2, 0) is 11.2 Å². The summed E-state index contributed by atoms with van der Waals surface area (Å²) in [5.41, 5.74) is 3.03. The first-order valence-electron chi connectivity index (χ1n) is 7.26. The number of amides is 1. The lowest BCUT2D eigenvalue weighted by Crippen LogP contribution is -2.27. The summed E-state index contributed by atoms with van der Waals surface area (Å²) < 4.78 is 4.88. The molecule has 0 atom stereocenters. The summed E-state index contributed by atoms with van der Waals surface area (Å²) in [7, 11) is 1.57. The lowest BCUT2D eigenvalue weighted by molar-refractivity contribution is 0.0933. The molecule has 2 aromatic rings. The SMILES string of the molecule is COCCNC(=O)c1csc(C(=O)C2=CCc3ccccc32)n1. The Morgan fingerprint density at radius 3 is 3.00 bits per heavy atom. The van der Waals surface area contributed by atoms with E-state index >= 15 is 0 Å². The molecule has 1 heterocycles. The minimum absolute atomic E-state index is 0.129. The van der Waals surface area contributed by atoms with Crippen molar-refractivity contribution >= 4 is 28.6 Å². The topological polar surface area (TPSA) is 68.3 Å². The smallest absolute Gasteiger partial charge is 0.270 e. The third kappa shape index (κ3) is 3.23. The van der Waals surface area contributed by atoms with E-state index in [2.05, 4.69) is 10.3 Å². The fraction of sp³-hybridized carbons (Fsp3) is 0.235. The first-order valence-corrected chi connectivity index (χ1v) is 8.14. The molecule has 0 saturated heterocycles. The highest BCUT2D eigenvalue weighted by Crippen LogP contribution is 2.30. The summed E-state index contributed by atoms with van der Waals surface area (Å²) in [5.74, 6) is -0.422. The summed E-state index contributed by atoms with van der Waals surface area (Å²) in [4.78, 5) is 28.7. The summed E-state index contributed by atoms with van der Waals surface area (Å²) >= 11 is 1.19. The number of benzene rings is 1. The van der Waals surface area contributed by atoms with Crippen LogP contribution in [0, 0.1) is 0 Å². The van der Waals surface area contributed by atoms with Gasteiger partial charge in [0.2, 0.25) is 5.78 Å². The molecule has 0 unspecified atom stereocenters. The van der Waals surface area contributed by atoms with E-state index in [1.807, 2.05) is 30.3 Å². The minimum atomic E-state index is -0.293. The number of thiazole rings is 1. The number of nitrogens with one attached hydrogen (secondary N) is 1. The summed E-state index contributed by atoms with van der Waals surface area (Å²) in [5, 5.41) is 4.64. The van der Waals surface area contributed by atoms with E-state index in [0.29, 0.717) is 23.7 Å². The second-order valence-corrected chi connectivity index (χ2v) is 5.95. The maximum atomic E-state index is 12.6. The molecule has 1 amide bonds. The normalized spacial score (nSPS) is 12.7. The molecule has 118 valence electrons. The van der Waals surface area contributed by atoms with Crippen LogP contribution in [0.5, 0.6) is 0 Å². The van der Waals surface area contributed by atoms with Gasteiger partial charge in [0.15, 0.2) is 5.01 Å². The van der Waals surface area contributed by atoms with Crippen molar-refractivity contribution in [3.63, 3.8) is 0 Å². The van der Waals surface area contributed by atoms with Crippen LogP contribution in [0.25, 0.3) is 5.57 Å². The van der Waals surface area contributed by atoms with Crippen LogP contribution in [-0.4, -0.2) is 36.9 Å². The molecule has 1 aliphatic carbocycles. The van der Waals surface area contributed by atoms with Crippen LogP contribution in [0.4, 0.5) is 0 Å². The Balaban J connectivity index is 1.74. The molecular weight excluding hydrogens is 312 g/mol. The molecule has 0 aliphatic heterocycles. The number of fused-ring (bicyclic) bond motifs is 1. The second kappa shape index (κ2) is 6.85. The highest BCUT2D eigenvalue weighted by molar-refractivity contribution is 7.12. The number of rotatable bonds is 6. The average molecular weight is 328 g/mol. The highest BCUT2D eigenvalue weighted by atomic mass is 32.1. The van der Waals surface area contributed by atoms with Gasteiger partial charge in [-0.05, 0) is 17.5 Å². The zero-order valence-corrected chi connectivity index (χ0v) is 13.5. The van der Waals surface area contributed by atoms with Crippen molar-refractivity contribution in [3.8, 4) is 0 Å². The standard InChI is InChI=1S/C17H16N2O3S/c1-22-9-8-18-16(21)14-10-23-17(19-14)15(20)13-7-6-11-4-2-3-5-12(11)13/h2-5,7,10H,6,8-9H2,1H3,(H,18,21). The van der Waals surface area contributed by atoms with Crippen molar-refractivity contribution in [2.45, 2.75) is 6.42 Å². The fourth-order valence-corrected chi connectivity index (χ4v) is 3.20. The van der Waals surface area contributed by atoms with E-state index in [0.717, 1.165) is 17.5 Å². The number of carbonyl (C=O) groups excluding carboxylic acids is 2. The Morgan fingerprint density at radius 2 is 2.17 bits per heavy atom. The van der Waals surface area contributed by atoms with E-state index in [9.17, 15) is 9.59 Å². The molecule has 0 fully saturated rings. The van der Waals surface area contributed by atoms with E-state index in [4.69, 9.17) is 4.74 Å². The van der Waals surface area contributed by atoms with Crippen LogP contribution in [0.1, 0.15) is 31.4 Å². The molecule has 1 aromatic heterocycles.